The molecule has 0 aliphatic rings. The lowest BCUT2D eigenvalue weighted by molar-refractivity contribution is -0.146. The van der Waals surface area contributed by atoms with Crippen LogP contribution in [0.5, 0.6) is 0 Å². The summed E-state index contributed by atoms with van der Waals surface area (Å²) in [4.78, 5) is 13.9. The molecule has 0 aliphatic heterocycles. The van der Waals surface area contributed by atoms with Crippen LogP contribution in [0.4, 0.5) is 23.2 Å². The van der Waals surface area contributed by atoms with Crippen LogP contribution in [0.1, 0.15) is 13.8 Å². The minimum Gasteiger partial charge on any atom is -0.464 e. The monoisotopic (exact) mass is 296 g/mol. The van der Waals surface area contributed by atoms with Gasteiger partial charge in [-0.15, -0.1) is 0 Å². The van der Waals surface area contributed by atoms with E-state index < -0.39 is 47.3 Å². The molecule has 9 heteroatoms. The van der Waals surface area contributed by atoms with Gasteiger partial charge in [0.2, 0.25) is 11.6 Å². The number of rotatable bonds is 5. The molecule has 2 N–H and O–H groups in total. The van der Waals surface area contributed by atoms with Gasteiger partial charge in [-0.05, 0) is 13.8 Å². The summed E-state index contributed by atoms with van der Waals surface area (Å²) in [6.07, 6.45) is -1.42. The molecule has 2 atom stereocenters. The molecule has 5 nitrogen and oxygen atoms in total. The smallest absolute Gasteiger partial charge is 0.331 e. The predicted molar refractivity (Wildman–Crippen MR) is 59.8 cm³/mol. The van der Waals surface area contributed by atoms with E-state index in [1.165, 1.54) is 6.92 Å². The van der Waals surface area contributed by atoms with Crippen molar-refractivity contribution in [3.05, 3.63) is 23.5 Å². The van der Waals surface area contributed by atoms with Crippen LogP contribution in [0.2, 0.25) is 0 Å². The highest BCUT2D eigenvalue weighted by Crippen LogP contribution is 2.23. The molecule has 0 radical (unpaired) electrons. The fourth-order valence-corrected chi connectivity index (χ4v) is 1.38. The van der Waals surface area contributed by atoms with E-state index in [-0.39, 0.29) is 6.61 Å². The third-order valence-electron chi connectivity index (χ3n) is 2.32. The van der Waals surface area contributed by atoms with Gasteiger partial charge < -0.3 is 15.2 Å². The highest BCUT2D eigenvalue weighted by Gasteiger charge is 2.29. The number of nitrogens with one attached hydrogen (secondary N) is 1. The summed E-state index contributed by atoms with van der Waals surface area (Å²) in [5.74, 6) is -8.39. The Labute approximate surface area is 111 Å². The van der Waals surface area contributed by atoms with E-state index in [1.54, 1.807) is 0 Å². The highest BCUT2D eigenvalue weighted by atomic mass is 19.2. The van der Waals surface area contributed by atoms with Gasteiger partial charge in [0.25, 0.3) is 11.9 Å². The highest BCUT2D eigenvalue weighted by molar-refractivity contribution is 5.80. The van der Waals surface area contributed by atoms with Crippen LogP contribution in [0.3, 0.4) is 0 Å². The number of esters is 1. The van der Waals surface area contributed by atoms with Crippen molar-refractivity contribution in [1.82, 2.24) is 4.98 Å². The van der Waals surface area contributed by atoms with Gasteiger partial charge in [-0.25, -0.2) is 4.79 Å². The van der Waals surface area contributed by atoms with Crippen molar-refractivity contribution in [2.45, 2.75) is 26.0 Å². The number of pyridine rings is 1. The minimum absolute atomic E-state index is 0.0479. The van der Waals surface area contributed by atoms with Crippen molar-refractivity contribution in [3.8, 4) is 0 Å². The Morgan fingerprint density at radius 3 is 2.20 bits per heavy atom. The number of halogens is 4. The van der Waals surface area contributed by atoms with E-state index in [1.807, 2.05) is 5.32 Å². The number of anilines is 1. The molecule has 1 aromatic rings. The molecule has 2 unspecified atom stereocenters. The number of ether oxygens (including phenoxy) is 1. The summed E-state index contributed by atoms with van der Waals surface area (Å²) >= 11 is 0. The molecule has 0 bridgehead atoms. The fraction of sp³-hybridized carbons (Fsp3) is 0.455. The van der Waals surface area contributed by atoms with Crippen LogP contribution >= 0.6 is 0 Å². The molecule has 1 aromatic heterocycles. The quantitative estimate of drug-likeness (QED) is 0.488. The summed E-state index contributed by atoms with van der Waals surface area (Å²) in [6.45, 7) is 2.57. The topological polar surface area (TPSA) is 71.5 Å². The first kappa shape index (κ1) is 16.2. The van der Waals surface area contributed by atoms with Crippen molar-refractivity contribution >= 4 is 11.7 Å². The lowest BCUT2D eigenvalue weighted by Crippen LogP contribution is -2.41. The van der Waals surface area contributed by atoms with Crippen molar-refractivity contribution in [2.75, 3.05) is 11.9 Å². The second-order valence-electron chi connectivity index (χ2n) is 3.81. The third-order valence-corrected chi connectivity index (χ3v) is 2.32. The Balaban J connectivity index is 3.15. The Morgan fingerprint density at radius 2 is 1.80 bits per heavy atom. The van der Waals surface area contributed by atoms with Gasteiger partial charge in [0, 0.05) is 0 Å². The lowest BCUT2D eigenvalue weighted by Gasteiger charge is -2.21. The van der Waals surface area contributed by atoms with Crippen molar-refractivity contribution in [2.24, 2.45) is 0 Å². The minimum atomic E-state index is -1.88. The molecule has 0 saturated heterocycles. The largest absolute Gasteiger partial charge is 0.464 e. The molecule has 1 heterocycles. The molecule has 0 saturated carbocycles. The molecule has 0 fully saturated rings. The molecule has 1 rings (SSSR count). The lowest BCUT2D eigenvalue weighted by atomic mass is 10.1. The first-order valence-corrected chi connectivity index (χ1v) is 5.60. The van der Waals surface area contributed by atoms with Gasteiger partial charge in [0.1, 0.15) is 5.69 Å². The first-order valence-electron chi connectivity index (χ1n) is 5.60. The van der Waals surface area contributed by atoms with Crippen LogP contribution in [0.15, 0.2) is 0 Å². The number of aliphatic hydroxyl groups excluding tert-OH is 1. The summed E-state index contributed by atoms with van der Waals surface area (Å²) in [6, 6.07) is -1.60. The number of carbonyl (C=O) groups is 1. The summed E-state index contributed by atoms with van der Waals surface area (Å²) in [5.41, 5.74) is -1.24. The van der Waals surface area contributed by atoms with Crippen LogP contribution in [0.25, 0.3) is 0 Å². The van der Waals surface area contributed by atoms with Gasteiger partial charge in [0.15, 0.2) is 6.04 Å². The number of nitrogens with zero attached hydrogens (tertiary/aromatic N) is 1. The van der Waals surface area contributed by atoms with Crippen molar-refractivity contribution < 1.29 is 32.2 Å². The molecule has 0 aromatic carbocycles. The molecule has 0 amide bonds. The van der Waals surface area contributed by atoms with Crippen LogP contribution in [0, 0.1) is 23.5 Å². The van der Waals surface area contributed by atoms with E-state index in [2.05, 4.69) is 9.72 Å². The zero-order valence-electron chi connectivity index (χ0n) is 10.6. The number of aromatic nitrogens is 1. The molecule has 0 spiro atoms. The maximum atomic E-state index is 13.4. The van der Waals surface area contributed by atoms with Gasteiger partial charge >= 0.3 is 5.97 Å². The summed E-state index contributed by atoms with van der Waals surface area (Å²) in [5, 5.41) is 11.3. The maximum Gasteiger partial charge on any atom is 0.331 e. The first-order chi connectivity index (χ1) is 9.29. The van der Waals surface area contributed by atoms with E-state index in [0.717, 1.165) is 6.92 Å². The van der Waals surface area contributed by atoms with Gasteiger partial charge in [-0.2, -0.15) is 22.5 Å². The zero-order valence-corrected chi connectivity index (χ0v) is 10.6. The zero-order chi connectivity index (χ0) is 15.4. The number of aliphatic hydroxyl groups is 1. The SMILES string of the molecule is CCOC(=O)C(Nc1c(F)c(F)nc(F)c1F)C(C)O. The van der Waals surface area contributed by atoms with Crippen molar-refractivity contribution in [1.29, 1.82) is 0 Å². The van der Waals surface area contributed by atoms with E-state index >= 15 is 0 Å². The predicted octanol–water partition coefficient (Wildman–Crippen LogP) is 1.36. The van der Waals surface area contributed by atoms with E-state index in [9.17, 15) is 27.5 Å². The maximum absolute atomic E-state index is 13.4. The Hall–Kier alpha value is -1.90. The standard InChI is InChI=1S/C11H12F4N2O3/c1-3-20-11(19)7(4(2)18)16-8-5(12)9(14)17-10(15)6(8)13/h4,7,18H,3H2,1-2H3,(H,16,17). The number of hydrogen-bond donors (Lipinski definition) is 2. The van der Waals surface area contributed by atoms with Gasteiger partial charge in [-0.1, -0.05) is 0 Å². The summed E-state index contributed by atoms with van der Waals surface area (Å²) in [7, 11) is 0. The Bertz CT molecular complexity index is 485. The molecule has 112 valence electrons. The van der Waals surface area contributed by atoms with Gasteiger partial charge in [0.05, 0.1) is 12.7 Å². The average molecular weight is 296 g/mol. The van der Waals surface area contributed by atoms with Crippen LogP contribution in [-0.2, 0) is 9.53 Å². The summed E-state index contributed by atoms with van der Waals surface area (Å²) < 4.78 is 57.1. The normalized spacial score (nSPS) is 13.8. The Morgan fingerprint density at radius 1 is 1.30 bits per heavy atom. The number of carbonyl (C=O) groups excluding carboxylic acids is 1. The van der Waals surface area contributed by atoms with E-state index in [0.29, 0.717) is 0 Å². The molecule has 0 aliphatic carbocycles. The van der Waals surface area contributed by atoms with Crippen LogP contribution < -0.4 is 5.32 Å². The Kier molecular flexibility index (Phi) is 5.26. The molecule has 20 heavy (non-hydrogen) atoms. The number of hydrogen-bond acceptors (Lipinski definition) is 5. The van der Waals surface area contributed by atoms with Gasteiger partial charge in [-0.3, -0.25) is 0 Å². The third kappa shape index (κ3) is 3.35. The fourth-order valence-electron chi connectivity index (χ4n) is 1.38. The molecular weight excluding hydrogens is 284 g/mol. The van der Waals surface area contributed by atoms with Crippen LogP contribution in [-0.4, -0.2) is 34.8 Å². The molecular formula is C11H12F4N2O3. The second-order valence-corrected chi connectivity index (χ2v) is 3.81. The second kappa shape index (κ2) is 6.51. The van der Waals surface area contributed by atoms with E-state index in [4.69, 9.17) is 0 Å². The average Bonchev–Trinajstić information content (AvgIpc) is 2.36. The van der Waals surface area contributed by atoms with Crippen molar-refractivity contribution in [3.63, 3.8) is 0 Å².